The molecular formula is C14H23N3O. The number of amides is 1. The van der Waals surface area contributed by atoms with Crippen molar-refractivity contribution in [2.75, 3.05) is 26.2 Å². The number of hydrogen-bond donors (Lipinski definition) is 2. The Morgan fingerprint density at radius 3 is 2.39 bits per heavy atom. The number of likely N-dealkylation sites (N-methyl/N-ethyl adjacent to an activating group) is 1. The van der Waals surface area contributed by atoms with Crippen LogP contribution in [0.3, 0.4) is 0 Å². The first kappa shape index (κ1) is 14.7. The van der Waals surface area contributed by atoms with Gasteiger partial charge >= 0.3 is 0 Å². The lowest BCUT2D eigenvalue weighted by atomic mass is 10.1. The predicted octanol–water partition coefficient (Wildman–Crippen LogP) is 1.14. The molecule has 0 heterocycles. The van der Waals surface area contributed by atoms with Gasteiger partial charge in [0, 0.05) is 13.1 Å². The van der Waals surface area contributed by atoms with Crippen LogP contribution in [0.4, 0.5) is 0 Å². The van der Waals surface area contributed by atoms with Crippen molar-refractivity contribution in [3.8, 4) is 0 Å². The molecule has 1 unspecified atom stereocenters. The predicted molar refractivity (Wildman–Crippen MR) is 74.2 cm³/mol. The van der Waals surface area contributed by atoms with Gasteiger partial charge in [-0.15, -0.1) is 0 Å². The highest BCUT2D eigenvalue weighted by molar-refractivity contribution is 5.81. The van der Waals surface area contributed by atoms with Gasteiger partial charge in [-0.25, -0.2) is 0 Å². The van der Waals surface area contributed by atoms with Gasteiger partial charge in [0.05, 0.1) is 0 Å². The van der Waals surface area contributed by atoms with Gasteiger partial charge in [0.1, 0.15) is 6.04 Å². The molecule has 4 heteroatoms. The van der Waals surface area contributed by atoms with Crippen LogP contribution in [0.1, 0.15) is 25.5 Å². The number of nitrogens with zero attached hydrogens (tertiary/aromatic N) is 1. The van der Waals surface area contributed by atoms with Crippen molar-refractivity contribution < 1.29 is 4.79 Å². The second kappa shape index (κ2) is 7.84. The highest BCUT2D eigenvalue weighted by Crippen LogP contribution is 2.11. The topological polar surface area (TPSA) is 58.4 Å². The fraction of sp³-hybridized carbons (Fsp3) is 0.500. The maximum Gasteiger partial charge on any atom is 0.239 e. The molecule has 1 aromatic rings. The van der Waals surface area contributed by atoms with Crippen LogP contribution in [0.15, 0.2) is 30.3 Å². The van der Waals surface area contributed by atoms with E-state index in [4.69, 9.17) is 5.73 Å². The summed E-state index contributed by atoms with van der Waals surface area (Å²) in [5.41, 5.74) is 6.36. The molecule has 1 aromatic carbocycles. The Bertz CT molecular complexity index is 349. The molecule has 0 saturated carbocycles. The minimum absolute atomic E-state index is 0.333. The number of hydrogen-bond acceptors (Lipinski definition) is 3. The highest BCUT2D eigenvalue weighted by Gasteiger charge is 2.16. The molecule has 1 atom stereocenters. The Morgan fingerprint density at radius 1 is 1.28 bits per heavy atom. The molecule has 0 saturated heterocycles. The number of nitrogens with two attached hydrogens (primary N) is 1. The van der Waals surface area contributed by atoms with E-state index in [9.17, 15) is 4.79 Å². The SMILES string of the molecule is CCN(CC)CCNC(C(N)=O)c1ccccc1. The van der Waals surface area contributed by atoms with Gasteiger partial charge in [0.25, 0.3) is 0 Å². The molecule has 0 aliphatic heterocycles. The smallest absolute Gasteiger partial charge is 0.239 e. The average molecular weight is 249 g/mol. The van der Waals surface area contributed by atoms with Crippen molar-refractivity contribution >= 4 is 5.91 Å². The van der Waals surface area contributed by atoms with Gasteiger partial charge in [-0.1, -0.05) is 44.2 Å². The van der Waals surface area contributed by atoms with Crippen molar-refractivity contribution in [2.45, 2.75) is 19.9 Å². The van der Waals surface area contributed by atoms with E-state index >= 15 is 0 Å². The zero-order valence-electron chi connectivity index (χ0n) is 11.2. The van der Waals surface area contributed by atoms with Crippen molar-refractivity contribution in [3.05, 3.63) is 35.9 Å². The van der Waals surface area contributed by atoms with Crippen molar-refractivity contribution in [3.63, 3.8) is 0 Å². The number of primary amides is 1. The summed E-state index contributed by atoms with van der Waals surface area (Å²) in [6.07, 6.45) is 0. The lowest BCUT2D eigenvalue weighted by Crippen LogP contribution is -2.38. The van der Waals surface area contributed by atoms with Crippen molar-refractivity contribution in [1.29, 1.82) is 0 Å². The van der Waals surface area contributed by atoms with E-state index in [-0.39, 0.29) is 5.91 Å². The highest BCUT2D eigenvalue weighted by atomic mass is 16.1. The van der Waals surface area contributed by atoms with E-state index in [1.54, 1.807) is 0 Å². The van der Waals surface area contributed by atoms with Crippen molar-refractivity contribution in [1.82, 2.24) is 10.2 Å². The molecule has 0 radical (unpaired) electrons. The minimum atomic E-state index is -0.401. The molecule has 0 aliphatic carbocycles. The minimum Gasteiger partial charge on any atom is -0.368 e. The van der Waals surface area contributed by atoms with E-state index in [1.807, 2.05) is 30.3 Å². The fourth-order valence-corrected chi connectivity index (χ4v) is 1.94. The summed E-state index contributed by atoms with van der Waals surface area (Å²) < 4.78 is 0. The van der Waals surface area contributed by atoms with Gasteiger partial charge < -0.3 is 16.0 Å². The molecule has 18 heavy (non-hydrogen) atoms. The number of carbonyl (C=O) groups is 1. The van der Waals surface area contributed by atoms with E-state index in [2.05, 4.69) is 24.1 Å². The lowest BCUT2D eigenvalue weighted by molar-refractivity contribution is -0.120. The summed E-state index contributed by atoms with van der Waals surface area (Å²) in [6, 6.07) is 9.19. The molecule has 0 spiro atoms. The van der Waals surface area contributed by atoms with Crippen LogP contribution < -0.4 is 11.1 Å². The van der Waals surface area contributed by atoms with Gasteiger partial charge in [0.2, 0.25) is 5.91 Å². The second-order valence-corrected chi connectivity index (χ2v) is 4.23. The van der Waals surface area contributed by atoms with Crippen LogP contribution >= 0.6 is 0 Å². The molecule has 1 rings (SSSR count). The van der Waals surface area contributed by atoms with Gasteiger partial charge in [0.15, 0.2) is 0 Å². The summed E-state index contributed by atoms with van der Waals surface area (Å²) in [6.45, 7) is 7.97. The summed E-state index contributed by atoms with van der Waals surface area (Å²) in [4.78, 5) is 13.8. The Balaban J connectivity index is 2.52. The Morgan fingerprint density at radius 2 is 1.89 bits per heavy atom. The van der Waals surface area contributed by atoms with Crippen LogP contribution in [0, 0.1) is 0 Å². The summed E-state index contributed by atoms with van der Waals surface area (Å²) in [5.74, 6) is -0.333. The first-order valence-electron chi connectivity index (χ1n) is 6.49. The first-order valence-corrected chi connectivity index (χ1v) is 6.49. The molecule has 0 fully saturated rings. The monoisotopic (exact) mass is 249 g/mol. The number of carbonyl (C=O) groups excluding carboxylic acids is 1. The summed E-state index contributed by atoms with van der Waals surface area (Å²) in [5, 5.41) is 3.22. The maximum atomic E-state index is 11.5. The molecular weight excluding hydrogens is 226 g/mol. The molecule has 100 valence electrons. The maximum absolute atomic E-state index is 11.5. The standard InChI is InChI=1S/C14H23N3O/c1-3-17(4-2)11-10-16-13(14(15)18)12-8-6-5-7-9-12/h5-9,13,16H,3-4,10-11H2,1-2H3,(H2,15,18). The number of nitrogens with one attached hydrogen (secondary N) is 1. The van der Waals surface area contributed by atoms with Crippen molar-refractivity contribution in [2.24, 2.45) is 5.73 Å². The van der Waals surface area contributed by atoms with E-state index < -0.39 is 6.04 Å². The summed E-state index contributed by atoms with van der Waals surface area (Å²) >= 11 is 0. The molecule has 1 amide bonds. The van der Waals surface area contributed by atoms with Crippen LogP contribution in [0.5, 0.6) is 0 Å². The second-order valence-electron chi connectivity index (χ2n) is 4.23. The van der Waals surface area contributed by atoms with E-state index in [1.165, 1.54) is 0 Å². The van der Waals surface area contributed by atoms with Crippen LogP contribution in [-0.4, -0.2) is 37.0 Å². The zero-order valence-corrected chi connectivity index (χ0v) is 11.2. The first-order chi connectivity index (χ1) is 8.69. The third-order valence-corrected chi connectivity index (χ3v) is 3.09. The normalized spacial score (nSPS) is 12.6. The fourth-order valence-electron chi connectivity index (χ4n) is 1.94. The van der Waals surface area contributed by atoms with Gasteiger partial charge in [-0.2, -0.15) is 0 Å². The Kier molecular flexibility index (Phi) is 6.39. The number of rotatable bonds is 8. The van der Waals surface area contributed by atoms with Crippen LogP contribution in [0.25, 0.3) is 0 Å². The van der Waals surface area contributed by atoms with Crippen LogP contribution in [-0.2, 0) is 4.79 Å². The van der Waals surface area contributed by atoms with Crippen LogP contribution in [0.2, 0.25) is 0 Å². The largest absolute Gasteiger partial charge is 0.368 e. The third kappa shape index (κ3) is 4.47. The third-order valence-electron chi connectivity index (χ3n) is 3.09. The molecule has 0 aliphatic rings. The molecule has 0 aromatic heterocycles. The molecule has 3 N–H and O–H groups in total. The Hall–Kier alpha value is -1.39. The summed E-state index contributed by atoms with van der Waals surface area (Å²) in [7, 11) is 0. The van der Waals surface area contributed by atoms with Gasteiger partial charge in [-0.3, -0.25) is 4.79 Å². The quantitative estimate of drug-likeness (QED) is 0.726. The van der Waals surface area contributed by atoms with E-state index in [0.29, 0.717) is 0 Å². The number of benzene rings is 1. The Labute approximate surface area is 109 Å². The lowest BCUT2D eigenvalue weighted by Gasteiger charge is -2.21. The molecule has 0 bridgehead atoms. The zero-order chi connectivity index (χ0) is 13.4. The average Bonchev–Trinajstić information content (AvgIpc) is 2.39. The molecule has 4 nitrogen and oxygen atoms in total. The van der Waals surface area contributed by atoms with E-state index in [0.717, 1.165) is 31.7 Å². The van der Waals surface area contributed by atoms with Gasteiger partial charge in [-0.05, 0) is 18.7 Å².